The van der Waals surface area contributed by atoms with Gasteiger partial charge in [-0.1, -0.05) is 19.9 Å². The van der Waals surface area contributed by atoms with E-state index in [2.05, 4.69) is 36.9 Å². The lowest BCUT2D eigenvalue weighted by Crippen LogP contribution is -2.36. The maximum Gasteiger partial charge on any atom is 0.198 e. The molecule has 3 rings (SSSR count). The standard InChI is InChI=1S/C17H25N3O/c1-12(2)14-3-4-16-15(11-14)19-17(21-16)13-5-8-20(9-6-13)10-7-18/h3-4,11-13H,5-10,18H2,1-2H3. The average Bonchev–Trinajstić information content (AvgIpc) is 2.91. The number of nitrogens with two attached hydrogens (primary N) is 1. The molecule has 21 heavy (non-hydrogen) atoms. The lowest BCUT2D eigenvalue weighted by atomic mass is 9.97. The monoisotopic (exact) mass is 287 g/mol. The Labute approximate surface area is 126 Å². The molecule has 2 heterocycles. The smallest absolute Gasteiger partial charge is 0.198 e. The van der Waals surface area contributed by atoms with E-state index in [1.165, 1.54) is 5.56 Å². The summed E-state index contributed by atoms with van der Waals surface area (Å²) in [6.45, 7) is 8.34. The molecule has 0 bridgehead atoms. The molecule has 0 saturated carbocycles. The first-order valence-electron chi connectivity index (χ1n) is 8.00. The third-order valence-corrected chi connectivity index (χ3v) is 4.48. The number of fused-ring (bicyclic) bond motifs is 1. The predicted octanol–water partition coefficient (Wildman–Crippen LogP) is 3.09. The quantitative estimate of drug-likeness (QED) is 0.939. The third kappa shape index (κ3) is 3.11. The molecule has 0 atom stereocenters. The summed E-state index contributed by atoms with van der Waals surface area (Å²) in [5.74, 6) is 1.89. The first-order valence-corrected chi connectivity index (χ1v) is 8.00. The highest BCUT2D eigenvalue weighted by atomic mass is 16.3. The van der Waals surface area contributed by atoms with Crippen molar-refractivity contribution in [1.29, 1.82) is 0 Å². The zero-order valence-corrected chi connectivity index (χ0v) is 13.0. The number of benzene rings is 1. The molecule has 1 aromatic heterocycles. The second kappa shape index (κ2) is 6.16. The van der Waals surface area contributed by atoms with E-state index in [-0.39, 0.29) is 0 Å². The van der Waals surface area contributed by atoms with Gasteiger partial charge in [-0.3, -0.25) is 0 Å². The number of piperidine rings is 1. The van der Waals surface area contributed by atoms with E-state index >= 15 is 0 Å². The van der Waals surface area contributed by atoms with Gasteiger partial charge in [0.05, 0.1) is 0 Å². The summed E-state index contributed by atoms with van der Waals surface area (Å²) < 4.78 is 5.98. The van der Waals surface area contributed by atoms with Crippen LogP contribution in [-0.4, -0.2) is 36.1 Å². The highest BCUT2D eigenvalue weighted by Gasteiger charge is 2.24. The summed E-state index contributed by atoms with van der Waals surface area (Å²) in [4.78, 5) is 7.17. The molecule has 0 aliphatic carbocycles. The van der Waals surface area contributed by atoms with Gasteiger partial charge in [-0.05, 0) is 49.5 Å². The summed E-state index contributed by atoms with van der Waals surface area (Å²) in [5.41, 5.74) is 8.86. The summed E-state index contributed by atoms with van der Waals surface area (Å²) in [6.07, 6.45) is 2.23. The molecule has 1 aromatic carbocycles. The molecule has 2 aromatic rings. The lowest BCUT2D eigenvalue weighted by molar-refractivity contribution is 0.206. The van der Waals surface area contributed by atoms with Gasteiger partial charge in [0, 0.05) is 19.0 Å². The highest BCUT2D eigenvalue weighted by molar-refractivity contribution is 5.73. The molecule has 4 heteroatoms. The zero-order chi connectivity index (χ0) is 14.8. The normalized spacial score (nSPS) is 17.9. The summed E-state index contributed by atoms with van der Waals surface area (Å²) >= 11 is 0. The predicted molar refractivity (Wildman–Crippen MR) is 85.6 cm³/mol. The first kappa shape index (κ1) is 14.5. The number of aromatic nitrogens is 1. The van der Waals surface area contributed by atoms with Crippen molar-refractivity contribution in [1.82, 2.24) is 9.88 Å². The Morgan fingerprint density at radius 1 is 1.33 bits per heavy atom. The molecule has 2 N–H and O–H groups in total. The van der Waals surface area contributed by atoms with Crippen LogP contribution in [0.3, 0.4) is 0 Å². The summed E-state index contributed by atoms with van der Waals surface area (Å²) in [6, 6.07) is 6.37. The second-order valence-electron chi connectivity index (χ2n) is 6.34. The van der Waals surface area contributed by atoms with E-state index in [1.54, 1.807) is 0 Å². The molecular formula is C17H25N3O. The van der Waals surface area contributed by atoms with Crippen LogP contribution in [0.2, 0.25) is 0 Å². The van der Waals surface area contributed by atoms with E-state index in [9.17, 15) is 0 Å². The van der Waals surface area contributed by atoms with Gasteiger partial charge in [0.1, 0.15) is 5.52 Å². The van der Waals surface area contributed by atoms with E-state index in [4.69, 9.17) is 15.1 Å². The van der Waals surface area contributed by atoms with Crippen LogP contribution in [0.4, 0.5) is 0 Å². The van der Waals surface area contributed by atoms with Gasteiger partial charge in [-0.25, -0.2) is 4.98 Å². The van der Waals surface area contributed by atoms with Crippen LogP contribution in [-0.2, 0) is 0 Å². The number of hydrogen-bond acceptors (Lipinski definition) is 4. The van der Waals surface area contributed by atoms with E-state index < -0.39 is 0 Å². The minimum absolute atomic E-state index is 0.453. The Balaban J connectivity index is 1.76. The Kier molecular flexibility index (Phi) is 4.27. The number of rotatable bonds is 4. The SMILES string of the molecule is CC(C)c1ccc2oc(C3CCN(CCN)CC3)nc2c1. The van der Waals surface area contributed by atoms with Crippen molar-refractivity contribution in [3.05, 3.63) is 29.7 Å². The molecular weight excluding hydrogens is 262 g/mol. The van der Waals surface area contributed by atoms with Crippen molar-refractivity contribution in [2.45, 2.75) is 38.5 Å². The Morgan fingerprint density at radius 2 is 2.10 bits per heavy atom. The zero-order valence-electron chi connectivity index (χ0n) is 13.0. The Bertz CT molecular complexity index is 597. The Morgan fingerprint density at radius 3 is 2.76 bits per heavy atom. The molecule has 4 nitrogen and oxygen atoms in total. The van der Waals surface area contributed by atoms with E-state index in [1.807, 2.05) is 0 Å². The molecule has 1 aliphatic rings. The van der Waals surface area contributed by atoms with Crippen molar-refractivity contribution in [3.63, 3.8) is 0 Å². The van der Waals surface area contributed by atoms with Crippen LogP contribution in [0, 0.1) is 0 Å². The summed E-state index contributed by atoms with van der Waals surface area (Å²) in [7, 11) is 0. The minimum Gasteiger partial charge on any atom is -0.440 e. The minimum atomic E-state index is 0.453. The Hall–Kier alpha value is -1.39. The van der Waals surface area contributed by atoms with Gasteiger partial charge in [-0.2, -0.15) is 0 Å². The number of oxazole rings is 1. The maximum absolute atomic E-state index is 5.98. The second-order valence-corrected chi connectivity index (χ2v) is 6.34. The van der Waals surface area contributed by atoms with E-state index in [0.717, 1.165) is 56.0 Å². The molecule has 0 unspecified atom stereocenters. The molecule has 1 fully saturated rings. The van der Waals surface area contributed by atoms with Crippen LogP contribution < -0.4 is 5.73 Å². The van der Waals surface area contributed by atoms with E-state index in [0.29, 0.717) is 11.8 Å². The fraction of sp³-hybridized carbons (Fsp3) is 0.588. The van der Waals surface area contributed by atoms with Gasteiger partial charge in [0.2, 0.25) is 0 Å². The molecule has 0 spiro atoms. The largest absolute Gasteiger partial charge is 0.440 e. The third-order valence-electron chi connectivity index (χ3n) is 4.48. The number of likely N-dealkylation sites (tertiary alicyclic amines) is 1. The number of nitrogens with zero attached hydrogens (tertiary/aromatic N) is 2. The summed E-state index contributed by atoms with van der Waals surface area (Å²) in [5, 5.41) is 0. The molecule has 0 amide bonds. The fourth-order valence-corrected chi connectivity index (χ4v) is 3.08. The van der Waals surface area contributed by atoms with Gasteiger partial charge < -0.3 is 15.1 Å². The van der Waals surface area contributed by atoms with Crippen molar-refractivity contribution in [2.24, 2.45) is 5.73 Å². The van der Waals surface area contributed by atoms with Crippen molar-refractivity contribution >= 4 is 11.1 Å². The van der Waals surface area contributed by atoms with Crippen molar-refractivity contribution in [3.8, 4) is 0 Å². The maximum atomic E-state index is 5.98. The molecule has 114 valence electrons. The van der Waals surface area contributed by atoms with Crippen LogP contribution >= 0.6 is 0 Å². The first-order chi connectivity index (χ1) is 10.2. The number of hydrogen-bond donors (Lipinski definition) is 1. The molecule has 1 saturated heterocycles. The van der Waals surface area contributed by atoms with Crippen LogP contribution in [0.25, 0.3) is 11.1 Å². The van der Waals surface area contributed by atoms with Crippen LogP contribution in [0.15, 0.2) is 22.6 Å². The van der Waals surface area contributed by atoms with Gasteiger partial charge in [-0.15, -0.1) is 0 Å². The fourth-order valence-electron chi connectivity index (χ4n) is 3.08. The van der Waals surface area contributed by atoms with Crippen LogP contribution in [0.1, 0.15) is 50.0 Å². The van der Waals surface area contributed by atoms with Gasteiger partial charge >= 0.3 is 0 Å². The van der Waals surface area contributed by atoms with Crippen LogP contribution in [0.5, 0.6) is 0 Å². The molecule has 0 radical (unpaired) electrons. The van der Waals surface area contributed by atoms with Gasteiger partial charge in [0.25, 0.3) is 0 Å². The highest BCUT2D eigenvalue weighted by Crippen LogP contribution is 2.30. The van der Waals surface area contributed by atoms with Gasteiger partial charge in [0.15, 0.2) is 11.5 Å². The lowest BCUT2D eigenvalue weighted by Gasteiger charge is -2.29. The average molecular weight is 287 g/mol. The van der Waals surface area contributed by atoms with Crippen molar-refractivity contribution < 1.29 is 4.42 Å². The molecule has 1 aliphatic heterocycles. The topological polar surface area (TPSA) is 55.3 Å². The van der Waals surface area contributed by atoms with Crippen molar-refractivity contribution in [2.75, 3.05) is 26.2 Å².